The molecule has 4 aromatic carbocycles. The number of phenolic OH excluding ortho intramolecular Hbond substituents is 1. The van der Waals surface area contributed by atoms with E-state index in [1.165, 1.54) is 35.2 Å². The molecule has 0 radical (unpaired) electrons. The number of hydrogen-bond donors (Lipinski definition) is 2. The highest BCUT2D eigenvalue weighted by molar-refractivity contribution is 6.30. The van der Waals surface area contributed by atoms with E-state index in [9.17, 15) is 23.9 Å². The van der Waals surface area contributed by atoms with Crippen molar-refractivity contribution in [1.82, 2.24) is 5.01 Å². The minimum absolute atomic E-state index is 0.0649. The topological polar surface area (TPSA) is 107 Å². The Bertz CT molecular complexity index is 2080. The number of hydrogen-bond acceptors (Lipinski definition) is 6. The Kier molecular flexibility index (Phi) is 7.64. The molecule has 1 saturated carbocycles. The molecule has 50 heavy (non-hydrogen) atoms. The van der Waals surface area contributed by atoms with Crippen LogP contribution in [0.2, 0.25) is 5.02 Å². The van der Waals surface area contributed by atoms with Crippen molar-refractivity contribution >= 4 is 46.6 Å². The lowest BCUT2D eigenvalue weighted by atomic mass is 9.49. The lowest BCUT2D eigenvalue weighted by Crippen LogP contribution is -2.53. The molecule has 8 nitrogen and oxygen atoms in total. The number of amides is 4. The molecular weight excluding hydrogens is 657 g/mol. The number of allylic oxidation sites excluding steroid dienone is 2. The summed E-state index contributed by atoms with van der Waals surface area (Å²) in [6, 6.07) is 26.2. The summed E-state index contributed by atoms with van der Waals surface area (Å²) in [4.78, 5) is 59.5. The number of aryl methyl sites for hydroxylation is 1. The zero-order chi connectivity index (χ0) is 34.9. The van der Waals surface area contributed by atoms with Crippen molar-refractivity contribution in [3.63, 3.8) is 0 Å². The maximum Gasteiger partial charge on any atom is 0.260 e. The van der Waals surface area contributed by atoms with Crippen LogP contribution in [0, 0.1) is 29.5 Å². The Hall–Kier alpha value is -5.28. The van der Waals surface area contributed by atoms with E-state index in [-0.39, 0.29) is 30.4 Å². The summed E-state index contributed by atoms with van der Waals surface area (Å²) in [6.45, 7) is 2.03. The number of para-hydroxylation sites is 1. The fraction of sp³-hybridized carbons (Fsp3) is 0.250. The van der Waals surface area contributed by atoms with Crippen LogP contribution in [0.3, 0.4) is 0 Å². The number of aromatic hydroxyl groups is 1. The number of imide groups is 2. The second kappa shape index (κ2) is 11.9. The monoisotopic (exact) mass is 689 g/mol. The van der Waals surface area contributed by atoms with Crippen LogP contribution < -0.4 is 10.3 Å². The van der Waals surface area contributed by atoms with Crippen LogP contribution in [0.25, 0.3) is 0 Å². The fourth-order valence-electron chi connectivity index (χ4n) is 8.87. The lowest BCUT2D eigenvalue weighted by molar-refractivity contribution is -0.138. The molecule has 8 rings (SSSR count). The highest BCUT2D eigenvalue weighted by Crippen LogP contribution is 2.65. The van der Waals surface area contributed by atoms with Crippen LogP contribution in [0.5, 0.6) is 5.75 Å². The number of nitrogens with zero attached hydrogens (tertiary/aromatic N) is 2. The molecule has 3 fully saturated rings. The van der Waals surface area contributed by atoms with E-state index in [1.54, 1.807) is 54.6 Å². The highest BCUT2D eigenvalue weighted by atomic mass is 35.5. The SMILES string of the molecule is CCc1ccc(N2C(=O)[C@H]3[C@H](CC=C4[C@H]3C[C@H]3C(=O)N(Nc5ccc(F)cc5)C(=O)[C@@]3(c3ccc(Cl)cc3)[C@H]4c3ccccc3O)C2=O)cc1. The summed E-state index contributed by atoms with van der Waals surface area (Å²) in [5, 5.41) is 12.9. The number of fused-ring (bicyclic) bond motifs is 4. The van der Waals surface area contributed by atoms with Crippen LogP contribution in [0.15, 0.2) is 109 Å². The first kappa shape index (κ1) is 32.0. The first-order valence-electron chi connectivity index (χ1n) is 16.8. The average Bonchev–Trinajstić information content (AvgIpc) is 3.50. The Morgan fingerprint density at radius 3 is 2.24 bits per heavy atom. The van der Waals surface area contributed by atoms with Gasteiger partial charge in [0.1, 0.15) is 11.6 Å². The van der Waals surface area contributed by atoms with E-state index < -0.39 is 52.6 Å². The van der Waals surface area contributed by atoms with Gasteiger partial charge in [0.2, 0.25) is 11.8 Å². The molecule has 0 bridgehead atoms. The van der Waals surface area contributed by atoms with Crippen LogP contribution in [0.4, 0.5) is 15.8 Å². The van der Waals surface area contributed by atoms with Gasteiger partial charge in [-0.2, -0.15) is 5.01 Å². The van der Waals surface area contributed by atoms with Crippen LogP contribution in [-0.4, -0.2) is 33.7 Å². The number of benzene rings is 4. The molecule has 0 unspecified atom stereocenters. The number of nitrogens with one attached hydrogen (secondary N) is 1. The van der Waals surface area contributed by atoms with Gasteiger partial charge in [0, 0.05) is 16.5 Å². The normalized spacial score (nSPS) is 27.2. The molecule has 6 atom stereocenters. The Morgan fingerprint density at radius 2 is 1.56 bits per heavy atom. The van der Waals surface area contributed by atoms with Gasteiger partial charge < -0.3 is 5.11 Å². The van der Waals surface area contributed by atoms with Crippen molar-refractivity contribution in [3.05, 3.63) is 136 Å². The third kappa shape index (κ3) is 4.63. The zero-order valence-electron chi connectivity index (χ0n) is 27.1. The van der Waals surface area contributed by atoms with E-state index in [2.05, 4.69) is 5.43 Å². The molecule has 2 N–H and O–H groups in total. The number of carbonyl (C=O) groups excluding carboxylic acids is 4. The molecule has 4 aromatic rings. The number of phenols is 1. The molecular formula is C40H33ClFN3O5. The second-order valence-corrected chi connectivity index (χ2v) is 13.9. The predicted octanol–water partition coefficient (Wildman–Crippen LogP) is 6.94. The Morgan fingerprint density at radius 1 is 0.860 bits per heavy atom. The van der Waals surface area contributed by atoms with E-state index in [4.69, 9.17) is 11.6 Å². The minimum Gasteiger partial charge on any atom is -0.508 e. The Balaban J connectivity index is 1.31. The van der Waals surface area contributed by atoms with Gasteiger partial charge in [-0.25, -0.2) is 4.39 Å². The highest BCUT2D eigenvalue weighted by Gasteiger charge is 2.70. The number of halogens is 2. The first-order valence-corrected chi connectivity index (χ1v) is 17.1. The largest absolute Gasteiger partial charge is 0.508 e. The summed E-state index contributed by atoms with van der Waals surface area (Å²) in [6.07, 6.45) is 3.12. The molecule has 4 amide bonds. The number of anilines is 2. The third-order valence-corrected chi connectivity index (χ3v) is 11.4. The molecule has 0 aromatic heterocycles. The van der Waals surface area contributed by atoms with Gasteiger partial charge >= 0.3 is 0 Å². The van der Waals surface area contributed by atoms with Gasteiger partial charge in [-0.15, -0.1) is 0 Å². The summed E-state index contributed by atoms with van der Waals surface area (Å²) in [5.41, 5.74) is 4.95. The predicted molar refractivity (Wildman–Crippen MR) is 185 cm³/mol. The smallest absolute Gasteiger partial charge is 0.260 e. The fourth-order valence-corrected chi connectivity index (χ4v) is 8.99. The molecule has 2 saturated heterocycles. The van der Waals surface area contributed by atoms with Crippen molar-refractivity contribution < 1.29 is 28.7 Å². The minimum atomic E-state index is -1.57. The van der Waals surface area contributed by atoms with E-state index in [0.29, 0.717) is 27.5 Å². The summed E-state index contributed by atoms with van der Waals surface area (Å²) in [7, 11) is 0. The molecule has 252 valence electrons. The lowest BCUT2D eigenvalue weighted by Gasteiger charge is -2.50. The number of hydrazine groups is 1. The molecule has 4 aliphatic rings. The quantitative estimate of drug-likeness (QED) is 0.168. The third-order valence-electron chi connectivity index (χ3n) is 11.1. The summed E-state index contributed by atoms with van der Waals surface area (Å²) in [5.74, 6) is -6.13. The van der Waals surface area contributed by atoms with Gasteiger partial charge in [-0.1, -0.05) is 72.6 Å². The van der Waals surface area contributed by atoms with Gasteiger partial charge in [-0.3, -0.25) is 29.5 Å². The molecule has 0 spiro atoms. The molecule has 10 heteroatoms. The van der Waals surface area contributed by atoms with E-state index in [1.807, 2.05) is 25.1 Å². The van der Waals surface area contributed by atoms with Crippen LogP contribution in [-0.2, 0) is 31.0 Å². The van der Waals surface area contributed by atoms with Gasteiger partial charge in [-0.05, 0) is 90.9 Å². The summed E-state index contributed by atoms with van der Waals surface area (Å²) >= 11 is 6.34. The van der Waals surface area contributed by atoms with Crippen molar-refractivity contribution in [2.75, 3.05) is 10.3 Å². The van der Waals surface area contributed by atoms with Gasteiger partial charge in [0.25, 0.3) is 11.8 Å². The Labute approximate surface area is 293 Å². The van der Waals surface area contributed by atoms with E-state index in [0.717, 1.165) is 22.6 Å². The maximum absolute atomic E-state index is 15.1. The van der Waals surface area contributed by atoms with Crippen molar-refractivity contribution in [1.29, 1.82) is 0 Å². The molecule has 2 aliphatic heterocycles. The van der Waals surface area contributed by atoms with Crippen molar-refractivity contribution in [2.24, 2.45) is 23.7 Å². The van der Waals surface area contributed by atoms with Crippen molar-refractivity contribution in [3.8, 4) is 5.75 Å². The second-order valence-electron chi connectivity index (χ2n) is 13.5. The maximum atomic E-state index is 15.1. The average molecular weight is 690 g/mol. The first-order chi connectivity index (χ1) is 24.1. The molecule has 2 aliphatic carbocycles. The standard InChI is InChI=1S/C40H33ClFN3O5/c1-2-22-7-17-27(18-8-22)44-36(47)30-20-19-28-31(34(30)38(44)49)21-32-37(48)45(43-26-15-13-25(42)14-16-26)39(50)40(32,23-9-11-24(41)12-10-23)35(28)29-5-3-4-6-33(29)46/h3-19,30-32,34-35,43,46H,2,20-21H2,1H3/t30-,31+,32-,34-,35+,40+/m0/s1. The van der Waals surface area contributed by atoms with Crippen LogP contribution in [0.1, 0.15) is 42.4 Å². The van der Waals surface area contributed by atoms with Crippen molar-refractivity contribution in [2.45, 2.75) is 37.5 Å². The summed E-state index contributed by atoms with van der Waals surface area (Å²) < 4.78 is 13.8. The number of carbonyl (C=O) groups is 4. The van der Waals surface area contributed by atoms with E-state index >= 15 is 4.79 Å². The number of rotatable bonds is 6. The molecule has 2 heterocycles. The zero-order valence-corrected chi connectivity index (χ0v) is 27.8. The van der Waals surface area contributed by atoms with Gasteiger partial charge in [0.15, 0.2) is 0 Å². The van der Waals surface area contributed by atoms with Gasteiger partial charge in [0.05, 0.1) is 34.5 Å². The van der Waals surface area contributed by atoms with Crippen LogP contribution >= 0.6 is 11.6 Å².